The van der Waals surface area contributed by atoms with E-state index in [2.05, 4.69) is 5.10 Å². The van der Waals surface area contributed by atoms with E-state index >= 15 is 0 Å². The Morgan fingerprint density at radius 3 is 2.43 bits per heavy atom. The quantitative estimate of drug-likeness (QED) is 0.706. The molecular formula is C20H16F2N4O2. The standard InChI is InChI=1S/C20H16F2N4O2/c1-11-18(19(23)26(24-11)12-5-3-2-4-6-12)14-10-17(27)25(20(14)28)13-7-8-15(21)16(22)9-13/h2-9,14H,10,23H2,1H3. The first kappa shape index (κ1) is 17.8. The lowest BCUT2D eigenvalue weighted by Crippen LogP contribution is -2.30. The third-order valence-corrected chi connectivity index (χ3v) is 4.80. The van der Waals surface area contributed by atoms with Crippen molar-refractivity contribution in [2.45, 2.75) is 19.3 Å². The van der Waals surface area contributed by atoms with Gasteiger partial charge in [-0.1, -0.05) is 18.2 Å². The number of hydrogen-bond donors (Lipinski definition) is 1. The SMILES string of the molecule is Cc1nn(-c2ccccc2)c(N)c1C1CC(=O)N(c2ccc(F)c(F)c2)C1=O. The van der Waals surface area contributed by atoms with Crippen LogP contribution in [-0.4, -0.2) is 21.6 Å². The first-order valence-electron chi connectivity index (χ1n) is 8.60. The number of halogens is 2. The van der Waals surface area contributed by atoms with Crippen molar-refractivity contribution in [1.82, 2.24) is 9.78 Å². The summed E-state index contributed by atoms with van der Waals surface area (Å²) >= 11 is 0. The van der Waals surface area contributed by atoms with E-state index in [1.165, 1.54) is 10.7 Å². The Labute approximate surface area is 159 Å². The van der Waals surface area contributed by atoms with Crippen LogP contribution in [0.2, 0.25) is 0 Å². The predicted molar refractivity (Wildman–Crippen MR) is 98.9 cm³/mol. The van der Waals surface area contributed by atoms with Crippen molar-refractivity contribution in [1.29, 1.82) is 0 Å². The second-order valence-electron chi connectivity index (χ2n) is 6.55. The second kappa shape index (κ2) is 6.56. The van der Waals surface area contributed by atoms with Crippen LogP contribution in [-0.2, 0) is 9.59 Å². The highest BCUT2D eigenvalue weighted by molar-refractivity contribution is 6.23. The van der Waals surface area contributed by atoms with Gasteiger partial charge in [-0.15, -0.1) is 0 Å². The minimum absolute atomic E-state index is 0.0110. The number of carbonyl (C=O) groups is 2. The number of para-hydroxylation sites is 1. The molecule has 0 saturated carbocycles. The van der Waals surface area contributed by atoms with Crippen LogP contribution < -0.4 is 10.6 Å². The van der Waals surface area contributed by atoms with Crippen molar-refractivity contribution in [2.24, 2.45) is 0 Å². The summed E-state index contributed by atoms with van der Waals surface area (Å²) in [5.74, 6) is -3.80. The molecule has 28 heavy (non-hydrogen) atoms. The molecule has 0 radical (unpaired) electrons. The van der Waals surface area contributed by atoms with Crippen molar-refractivity contribution < 1.29 is 18.4 Å². The minimum atomic E-state index is -1.13. The van der Waals surface area contributed by atoms with E-state index in [1.54, 1.807) is 6.92 Å². The summed E-state index contributed by atoms with van der Waals surface area (Å²) in [5.41, 5.74) is 7.97. The Kier molecular flexibility index (Phi) is 4.18. The van der Waals surface area contributed by atoms with Crippen LogP contribution in [0.5, 0.6) is 0 Å². The minimum Gasteiger partial charge on any atom is -0.383 e. The fourth-order valence-corrected chi connectivity index (χ4v) is 3.51. The van der Waals surface area contributed by atoms with Gasteiger partial charge in [-0.25, -0.2) is 18.4 Å². The summed E-state index contributed by atoms with van der Waals surface area (Å²) in [7, 11) is 0. The Balaban J connectivity index is 1.73. The molecule has 1 fully saturated rings. The molecule has 2 heterocycles. The maximum Gasteiger partial charge on any atom is 0.242 e. The molecule has 4 rings (SSSR count). The Morgan fingerprint density at radius 1 is 1.04 bits per heavy atom. The van der Waals surface area contributed by atoms with Crippen LogP contribution in [0.1, 0.15) is 23.6 Å². The molecule has 2 aromatic carbocycles. The van der Waals surface area contributed by atoms with Gasteiger partial charge in [0.25, 0.3) is 0 Å². The van der Waals surface area contributed by atoms with Crippen molar-refractivity contribution in [2.75, 3.05) is 10.6 Å². The average molecular weight is 382 g/mol. The molecule has 1 aliphatic rings. The third-order valence-electron chi connectivity index (χ3n) is 4.80. The number of aryl methyl sites for hydroxylation is 1. The van der Waals surface area contributed by atoms with Gasteiger partial charge in [0, 0.05) is 18.1 Å². The second-order valence-corrected chi connectivity index (χ2v) is 6.55. The van der Waals surface area contributed by atoms with Crippen molar-refractivity contribution in [3.05, 3.63) is 71.4 Å². The van der Waals surface area contributed by atoms with E-state index in [-0.39, 0.29) is 17.9 Å². The number of amides is 2. The number of nitrogen functional groups attached to an aromatic ring is 1. The van der Waals surface area contributed by atoms with E-state index in [0.717, 1.165) is 22.7 Å². The van der Waals surface area contributed by atoms with E-state index in [4.69, 9.17) is 5.73 Å². The molecule has 8 heteroatoms. The lowest BCUT2D eigenvalue weighted by Gasteiger charge is -2.15. The number of hydrogen-bond acceptors (Lipinski definition) is 4. The van der Waals surface area contributed by atoms with Crippen LogP contribution in [0.25, 0.3) is 5.69 Å². The van der Waals surface area contributed by atoms with Crippen molar-refractivity contribution in [3.63, 3.8) is 0 Å². The molecule has 142 valence electrons. The Hall–Kier alpha value is -3.55. The molecule has 1 aliphatic heterocycles. The lowest BCUT2D eigenvalue weighted by atomic mass is 9.97. The fourth-order valence-electron chi connectivity index (χ4n) is 3.51. The van der Waals surface area contributed by atoms with Gasteiger partial charge in [0.05, 0.1) is 23.0 Å². The van der Waals surface area contributed by atoms with E-state index in [9.17, 15) is 18.4 Å². The maximum absolute atomic E-state index is 13.6. The maximum atomic E-state index is 13.6. The van der Waals surface area contributed by atoms with Crippen LogP contribution >= 0.6 is 0 Å². The van der Waals surface area contributed by atoms with Gasteiger partial charge in [0.15, 0.2) is 11.6 Å². The summed E-state index contributed by atoms with van der Waals surface area (Å²) in [6, 6.07) is 12.1. The molecule has 6 nitrogen and oxygen atoms in total. The summed E-state index contributed by atoms with van der Waals surface area (Å²) in [5, 5.41) is 4.41. The van der Waals surface area contributed by atoms with Gasteiger partial charge in [0.1, 0.15) is 5.82 Å². The summed E-state index contributed by atoms with van der Waals surface area (Å²) in [6.45, 7) is 1.71. The summed E-state index contributed by atoms with van der Waals surface area (Å²) < 4.78 is 28.3. The number of aromatic nitrogens is 2. The smallest absolute Gasteiger partial charge is 0.242 e. The topological polar surface area (TPSA) is 81.2 Å². The van der Waals surface area contributed by atoms with Gasteiger partial charge in [0.2, 0.25) is 11.8 Å². The molecule has 1 atom stereocenters. The molecule has 3 aromatic rings. The summed E-state index contributed by atoms with van der Waals surface area (Å²) in [4.78, 5) is 26.3. The number of nitrogens with zero attached hydrogens (tertiary/aromatic N) is 3. The highest BCUT2D eigenvalue weighted by Crippen LogP contribution is 2.38. The highest BCUT2D eigenvalue weighted by Gasteiger charge is 2.43. The Morgan fingerprint density at radius 2 is 1.75 bits per heavy atom. The number of nitrogens with two attached hydrogens (primary N) is 1. The molecule has 1 aromatic heterocycles. The van der Waals surface area contributed by atoms with Crippen LogP contribution in [0.4, 0.5) is 20.3 Å². The molecule has 1 saturated heterocycles. The predicted octanol–water partition coefficient (Wildman–Crippen LogP) is 3.09. The average Bonchev–Trinajstić information content (AvgIpc) is 3.13. The zero-order valence-corrected chi connectivity index (χ0v) is 14.9. The van der Waals surface area contributed by atoms with E-state index in [1.807, 2.05) is 30.3 Å². The zero-order valence-electron chi connectivity index (χ0n) is 14.9. The largest absolute Gasteiger partial charge is 0.383 e. The third kappa shape index (κ3) is 2.74. The monoisotopic (exact) mass is 382 g/mol. The van der Waals surface area contributed by atoms with Crippen LogP contribution in [0.15, 0.2) is 48.5 Å². The lowest BCUT2D eigenvalue weighted by molar-refractivity contribution is -0.121. The first-order chi connectivity index (χ1) is 13.4. The highest BCUT2D eigenvalue weighted by atomic mass is 19.2. The fraction of sp³-hybridized carbons (Fsp3) is 0.150. The number of anilines is 2. The first-order valence-corrected chi connectivity index (χ1v) is 8.60. The van der Waals surface area contributed by atoms with Crippen molar-refractivity contribution in [3.8, 4) is 5.69 Å². The number of imide groups is 1. The van der Waals surface area contributed by atoms with Gasteiger partial charge in [-0.2, -0.15) is 5.10 Å². The van der Waals surface area contributed by atoms with Crippen molar-refractivity contribution >= 4 is 23.3 Å². The van der Waals surface area contributed by atoms with Crippen LogP contribution in [0, 0.1) is 18.6 Å². The normalized spacial score (nSPS) is 16.8. The van der Waals surface area contributed by atoms with Gasteiger partial charge in [-0.3, -0.25) is 9.59 Å². The van der Waals surface area contributed by atoms with E-state index in [0.29, 0.717) is 11.3 Å². The molecule has 0 spiro atoms. The van der Waals surface area contributed by atoms with E-state index < -0.39 is 29.4 Å². The molecular weight excluding hydrogens is 366 g/mol. The molecule has 2 amide bonds. The number of carbonyl (C=O) groups excluding carboxylic acids is 2. The molecule has 2 N–H and O–H groups in total. The Bertz CT molecular complexity index is 1100. The van der Waals surface area contributed by atoms with Gasteiger partial charge >= 0.3 is 0 Å². The van der Waals surface area contributed by atoms with Crippen LogP contribution in [0.3, 0.4) is 0 Å². The number of rotatable bonds is 3. The molecule has 0 aliphatic carbocycles. The summed E-state index contributed by atoms with van der Waals surface area (Å²) in [6.07, 6.45) is -0.122. The zero-order chi connectivity index (χ0) is 20.0. The molecule has 1 unspecified atom stereocenters. The number of benzene rings is 2. The molecule has 0 bridgehead atoms. The van der Waals surface area contributed by atoms with Gasteiger partial charge < -0.3 is 5.73 Å². The van der Waals surface area contributed by atoms with Gasteiger partial charge in [-0.05, 0) is 31.2 Å².